The highest BCUT2D eigenvalue weighted by atomic mass is 16.2. The van der Waals surface area contributed by atoms with Crippen molar-refractivity contribution in [3.8, 4) is 6.07 Å². The molecule has 1 aliphatic heterocycles. The third-order valence-electron chi connectivity index (χ3n) is 5.69. The van der Waals surface area contributed by atoms with Crippen molar-refractivity contribution in [1.29, 1.82) is 5.26 Å². The summed E-state index contributed by atoms with van der Waals surface area (Å²) >= 11 is 0. The topological polar surface area (TPSA) is 73.1 Å². The maximum absolute atomic E-state index is 13.1. The second kappa shape index (κ2) is 8.60. The zero-order valence-electron chi connectivity index (χ0n) is 17.4. The van der Waals surface area contributed by atoms with Crippen molar-refractivity contribution in [2.24, 2.45) is 0 Å². The standard InChI is InChI=1S/C24H25N5O/c1-17-18(2)27-23-14-21(8-9-22(23)26-17)24(30)29-11-3-10-28(12-13-29)16-20-6-4-19(15-25)5-7-20/h4-9,14H,3,10-13,16H2,1-2H3. The van der Waals surface area contributed by atoms with Gasteiger partial charge in [0.15, 0.2) is 0 Å². The number of nitriles is 1. The van der Waals surface area contributed by atoms with Gasteiger partial charge in [0.25, 0.3) is 5.91 Å². The van der Waals surface area contributed by atoms with E-state index in [0.717, 1.165) is 55.0 Å². The Morgan fingerprint density at radius 3 is 2.43 bits per heavy atom. The van der Waals surface area contributed by atoms with Gasteiger partial charge in [-0.25, -0.2) is 9.97 Å². The van der Waals surface area contributed by atoms with E-state index in [2.05, 4.69) is 20.9 Å². The fraction of sp³-hybridized carbons (Fsp3) is 0.333. The summed E-state index contributed by atoms with van der Waals surface area (Å²) in [5, 5.41) is 8.94. The van der Waals surface area contributed by atoms with Gasteiger partial charge in [-0.1, -0.05) is 12.1 Å². The van der Waals surface area contributed by atoms with Crippen molar-refractivity contribution < 1.29 is 4.79 Å². The van der Waals surface area contributed by atoms with Crippen LogP contribution in [-0.4, -0.2) is 51.9 Å². The van der Waals surface area contributed by atoms with E-state index < -0.39 is 0 Å². The summed E-state index contributed by atoms with van der Waals surface area (Å²) in [5.74, 6) is 0.0529. The second-order valence-electron chi connectivity index (χ2n) is 7.83. The lowest BCUT2D eigenvalue weighted by Crippen LogP contribution is -2.35. The first-order valence-electron chi connectivity index (χ1n) is 10.3. The molecule has 4 rings (SSSR count). The molecule has 30 heavy (non-hydrogen) atoms. The van der Waals surface area contributed by atoms with Gasteiger partial charge in [-0.3, -0.25) is 9.69 Å². The molecule has 1 fully saturated rings. The Labute approximate surface area is 176 Å². The summed E-state index contributed by atoms with van der Waals surface area (Å²) in [6, 6.07) is 15.5. The molecule has 1 saturated heterocycles. The summed E-state index contributed by atoms with van der Waals surface area (Å²) < 4.78 is 0. The lowest BCUT2D eigenvalue weighted by atomic mass is 10.1. The van der Waals surface area contributed by atoms with E-state index in [-0.39, 0.29) is 5.91 Å². The molecule has 3 aromatic rings. The Kier molecular flexibility index (Phi) is 5.73. The molecule has 0 aliphatic carbocycles. The minimum atomic E-state index is 0.0529. The maximum Gasteiger partial charge on any atom is 0.253 e. The Bertz CT molecular complexity index is 1120. The van der Waals surface area contributed by atoms with Gasteiger partial charge in [-0.15, -0.1) is 0 Å². The van der Waals surface area contributed by atoms with Crippen molar-refractivity contribution in [3.05, 3.63) is 70.5 Å². The van der Waals surface area contributed by atoms with Crippen molar-refractivity contribution >= 4 is 16.9 Å². The van der Waals surface area contributed by atoms with E-state index in [1.54, 1.807) is 0 Å². The number of hydrogen-bond donors (Lipinski definition) is 0. The number of hydrogen-bond acceptors (Lipinski definition) is 5. The van der Waals surface area contributed by atoms with Crippen LogP contribution in [0.3, 0.4) is 0 Å². The average Bonchev–Trinajstić information content (AvgIpc) is 3.00. The van der Waals surface area contributed by atoms with Crippen LogP contribution >= 0.6 is 0 Å². The van der Waals surface area contributed by atoms with Crippen molar-refractivity contribution in [1.82, 2.24) is 19.8 Å². The number of amides is 1. The number of carbonyl (C=O) groups excluding carboxylic acids is 1. The number of benzene rings is 2. The molecule has 0 spiro atoms. The predicted molar refractivity (Wildman–Crippen MR) is 116 cm³/mol. The van der Waals surface area contributed by atoms with Crippen LogP contribution in [0.2, 0.25) is 0 Å². The molecule has 6 heteroatoms. The molecule has 6 nitrogen and oxygen atoms in total. The number of carbonyl (C=O) groups is 1. The van der Waals surface area contributed by atoms with E-state index in [0.29, 0.717) is 17.7 Å². The van der Waals surface area contributed by atoms with Gasteiger partial charge in [0.1, 0.15) is 0 Å². The minimum Gasteiger partial charge on any atom is -0.337 e. The zero-order chi connectivity index (χ0) is 21.1. The van der Waals surface area contributed by atoms with Crippen LogP contribution in [-0.2, 0) is 6.54 Å². The van der Waals surface area contributed by atoms with Crippen molar-refractivity contribution in [2.45, 2.75) is 26.8 Å². The highest BCUT2D eigenvalue weighted by Crippen LogP contribution is 2.17. The first kappa shape index (κ1) is 20.0. The van der Waals surface area contributed by atoms with Crippen LogP contribution in [0.15, 0.2) is 42.5 Å². The Morgan fingerprint density at radius 2 is 1.70 bits per heavy atom. The van der Waals surface area contributed by atoms with Gasteiger partial charge in [-0.05, 0) is 56.2 Å². The molecule has 2 heterocycles. The highest BCUT2D eigenvalue weighted by Gasteiger charge is 2.21. The molecular formula is C24H25N5O. The van der Waals surface area contributed by atoms with Crippen LogP contribution in [0.5, 0.6) is 0 Å². The molecule has 0 N–H and O–H groups in total. The molecule has 1 amide bonds. The van der Waals surface area contributed by atoms with Crippen LogP contribution in [0.1, 0.15) is 39.3 Å². The van der Waals surface area contributed by atoms with Crippen molar-refractivity contribution in [2.75, 3.05) is 26.2 Å². The molecule has 1 aromatic heterocycles. The molecule has 1 aliphatic rings. The Morgan fingerprint density at radius 1 is 0.967 bits per heavy atom. The zero-order valence-corrected chi connectivity index (χ0v) is 17.4. The SMILES string of the molecule is Cc1nc2ccc(C(=O)N3CCCN(Cc4ccc(C#N)cc4)CC3)cc2nc1C. The third-order valence-corrected chi connectivity index (χ3v) is 5.69. The summed E-state index contributed by atoms with van der Waals surface area (Å²) in [5.41, 5.74) is 5.92. The largest absolute Gasteiger partial charge is 0.337 e. The van der Waals surface area contributed by atoms with Gasteiger partial charge in [0.2, 0.25) is 0 Å². The smallest absolute Gasteiger partial charge is 0.253 e. The normalized spacial score (nSPS) is 15.0. The summed E-state index contributed by atoms with van der Waals surface area (Å²) in [7, 11) is 0. The molecule has 0 saturated carbocycles. The van der Waals surface area contributed by atoms with Gasteiger partial charge in [-0.2, -0.15) is 5.26 Å². The van der Waals surface area contributed by atoms with Gasteiger partial charge in [0.05, 0.1) is 34.1 Å². The molecule has 0 radical (unpaired) electrons. The number of aryl methyl sites for hydroxylation is 2. The van der Waals surface area contributed by atoms with E-state index in [1.807, 2.05) is 61.2 Å². The molecule has 0 atom stereocenters. The molecule has 0 unspecified atom stereocenters. The van der Waals surface area contributed by atoms with E-state index >= 15 is 0 Å². The van der Waals surface area contributed by atoms with Crippen LogP contribution < -0.4 is 0 Å². The number of aromatic nitrogens is 2. The third kappa shape index (κ3) is 4.32. The average molecular weight is 399 g/mol. The van der Waals surface area contributed by atoms with Crippen LogP contribution in [0.4, 0.5) is 0 Å². The number of rotatable bonds is 3. The summed E-state index contributed by atoms with van der Waals surface area (Å²) in [6.45, 7) is 7.95. The molecular weight excluding hydrogens is 374 g/mol. The summed E-state index contributed by atoms with van der Waals surface area (Å²) in [4.78, 5) is 26.6. The fourth-order valence-corrected chi connectivity index (χ4v) is 3.82. The quantitative estimate of drug-likeness (QED) is 0.674. The van der Waals surface area contributed by atoms with E-state index in [4.69, 9.17) is 5.26 Å². The lowest BCUT2D eigenvalue weighted by molar-refractivity contribution is 0.0761. The first-order valence-corrected chi connectivity index (χ1v) is 10.3. The number of fused-ring (bicyclic) bond motifs is 1. The second-order valence-corrected chi connectivity index (χ2v) is 7.83. The van der Waals surface area contributed by atoms with Crippen LogP contribution in [0.25, 0.3) is 11.0 Å². The molecule has 2 aromatic carbocycles. The monoisotopic (exact) mass is 399 g/mol. The molecule has 0 bridgehead atoms. The van der Waals surface area contributed by atoms with Gasteiger partial charge in [0, 0.05) is 38.3 Å². The van der Waals surface area contributed by atoms with E-state index in [9.17, 15) is 4.79 Å². The lowest BCUT2D eigenvalue weighted by Gasteiger charge is -2.22. The minimum absolute atomic E-state index is 0.0529. The van der Waals surface area contributed by atoms with Crippen LogP contribution in [0, 0.1) is 25.2 Å². The van der Waals surface area contributed by atoms with E-state index in [1.165, 1.54) is 5.56 Å². The first-order chi connectivity index (χ1) is 14.5. The highest BCUT2D eigenvalue weighted by molar-refractivity contribution is 5.97. The predicted octanol–water partition coefficient (Wildman–Crippen LogP) is 3.47. The Hall–Kier alpha value is -3.30. The van der Waals surface area contributed by atoms with Crippen molar-refractivity contribution in [3.63, 3.8) is 0 Å². The fourth-order valence-electron chi connectivity index (χ4n) is 3.82. The summed E-state index contributed by atoms with van der Waals surface area (Å²) in [6.07, 6.45) is 0.938. The van der Waals surface area contributed by atoms with Gasteiger partial charge >= 0.3 is 0 Å². The van der Waals surface area contributed by atoms with Gasteiger partial charge < -0.3 is 4.90 Å². The maximum atomic E-state index is 13.1. The molecule has 152 valence electrons. The Balaban J connectivity index is 1.43. The number of nitrogens with zero attached hydrogens (tertiary/aromatic N) is 5.